The molecule has 6 heteroatoms. The number of carbonyl (C=O) groups excluding carboxylic acids is 3. The van der Waals surface area contributed by atoms with Crippen LogP contribution in [0.2, 0.25) is 0 Å². The number of esters is 3. The molecule has 0 saturated heterocycles. The van der Waals surface area contributed by atoms with Crippen LogP contribution < -0.4 is 0 Å². The Morgan fingerprint density at radius 1 is 0.396 bits per heavy atom. The van der Waals surface area contributed by atoms with Crippen LogP contribution in [0.3, 0.4) is 0 Å². The van der Waals surface area contributed by atoms with E-state index in [-0.39, 0.29) is 31.1 Å². The number of ether oxygens (including phenoxy) is 3. The zero-order valence-electron chi connectivity index (χ0n) is 34.5. The molecule has 0 heterocycles. The Morgan fingerprint density at radius 3 is 1.17 bits per heavy atom. The van der Waals surface area contributed by atoms with Gasteiger partial charge in [-0.2, -0.15) is 0 Å². The summed E-state index contributed by atoms with van der Waals surface area (Å²) in [7, 11) is 0. The maximum Gasteiger partial charge on any atom is 0.306 e. The molecule has 0 aromatic heterocycles. The van der Waals surface area contributed by atoms with Gasteiger partial charge in [-0.3, -0.25) is 14.4 Å². The largest absolute Gasteiger partial charge is 0.462 e. The second-order valence-corrected chi connectivity index (χ2v) is 14.2. The first kappa shape index (κ1) is 50.1. The average molecular weight is 741 g/mol. The molecule has 0 aliphatic rings. The Morgan fingerprint density at radius 2 is 0.736 bits per heavy atom. The minimum Gasteiger partial charge on any atom is -0.462 e. The maximum absolute atomic E-state index is 12.7. The standard InChI is InChI=1S/C47H80O6/c1-4-7-10-13-16-19-22-23-24-25-26-29-31-34-37-40-46(49)52-43-44(53-47(50)41-38-35-32-28-21-18-15-12-9-6-3)42-51-45(48)39-36-33-30-27-20-17-14-11-8-5-2/h7,10-12,14-16,19,23-24,44H,4-6,8-9,13,17-18,20-22,25-43H2,1-3H3/b10-7-,14-11-,15-12-,19-16-,24-23-. The normalized spacial score (nSPS) is 12.6. The zero-order chi connectivity index (χ0) is 38.7. The molecule has 0 amide bonds. The summed E-state index contributed by atoms with van der Waals surface area (Å²) < 4.78 is 16.6. The SMILES string of the molecule is CC/C=C\C/C=C\C/C=C\CCCCCCCC(=O)OCC(COC(=O)CCCCCCC/C=C\CCC)OC(=O)CCCCCCC/C=C\CCC. The van der Waals surface area contributed by atoms with Gasteiger partial charge in [-0.25, -0.2) is 0 Å². The summed E-state index contributed by atoms with van der Waals surface area (Å²) in [5, 5.41) is 0. The van der Waals surface area contributed by atoms with Gasteiger partial charge in [-0.05, 0) is 89.9 Å². The summed E-state index contributed by atoms with van der Waals surface area (Å²) in [5.41, 5.74) is 0. The van der Waals surface area contributed by atoms with Gasteiger partial charge in [0.05, 0.1) is 0 Å². The number of allylic oxidation sites excluding steroid dienone is 10. The molecule has 304 valence electrons. The van der Waals surface area contributed by atoms with Gasteiger partial charge >= 0.3 is 17.9 Å². The minimum absolute atomic E-state index is 0.0888. The van der Waals surface area contributed by atoms with Crippen molar-refractivity contribution in [2.45, 2.75) is 207 Å². The van der Waals surface area contributed by atoms with Crippen molar-refractivity contribution in [3.8, 4) is 0 Å². The molecule has 0 aliphatic carbocycles. The van der Waals surface area contributed by atoms with E-state index >= 15 is 0 Å². The van der Waals surface area contributed by atoms with Gasteiger partial charge in [-0.15, -0.1) is 0 Å². The Bertz CT molecular complexity index is 991. The lowest BCUT2D eigenvalue weighted by Gasteiger charge is -2.18. The Hall–Kier alpha value is -2.89. The lowest BCUT2D eigenvalue weighted by atomic mass is 10.1. The summed E-state index contributed by atoms with van der Waals surface area (Å²) in [5.74, 6) is -0.934. The molecule has 0 bridgehead atoms. The highest BCUT2D eigenvalue weighted by Crippen LogP contribution is 2.13. The van der Waals surface area contributed by atoms with Crippen molar-refractivity contribution < 1.29 is 28.6 Å². The molecular formula is C47H80O6. The van der Waals surface area contributed by atoms with Crippen molar-refractivity contribution in [3.63, 3.8) is 0 Å². The second kappa shape index (κ2) is 41.9. The van der Waals surface area contributed by atoms with E-state index in [0.717, 1.165) is 128 Å². The number of carbonyl (C=O) groups is 3. The lowest BCUT2D eigenvalue weighted by Crippen LogP contribution is -2.30. The van der Waals surface area contributed by atoms with E-state index in [2.05, 4.69) is 81.5 Å². The first-order chi connectivity index (χ1) is 26.0. The van der Waals surface area contributed by atoms with E-state index in [0.29, 0.717) is 19.3 Å². The molecule has 0 spiro atoms. The van der Waals surface area contributed by atoms with E-state index in [1.165, 1.54) is 32.1 Å². The highest BCUT2D eigenvalue weighted by Gasteiger charge is 2.19. The summed E-state index contributed by atoms with van der Waals surface area (Å²) in [6.07, 6.45) is 49.2. The predicted molar refractivity (Wildman–Crippen MR) is 224 cm³/mol. The summed E-state index contributed by atoms with van der Waals surface area (Å²) >= 11 is 0. The molecule has 0 rings (SSSR count). The monoisotopic (exact) mass is 741 g/mol. The van der Waals surface area contributed by atoms with Gasteiger partial charge in [0.1, 0.15) is 13.2 Å². The molecular weight excluding hydrogens is 661 g/mol. The van der Waals surface area contributed by atoms with Crippen molar-refractivity contribution in [2.75, 3.05) is 13.2 Å². The van der Waals surface area contributed by atoms with E-state index in [9.17, 15) is 14.4 Å². The number of hydrogen-bond donors (Lipinski definition) is 0. The van der Waals surface area contributed by atoms with Gasteiger partial charge in [0.25, 0.3) is 0 Å². The Labute approximate surface area is 326 Å². The average Bonchev–Trinajstić information content (AvgIpc) is 3.15. The zero-order valence-corrected chi connectivity index (χ0v) is 34.5. The molecule has 0 N–H and O–H groups in total. The third-order valence-corrected chi connectivity index (χ3v) is 8.94. The van der Waals surface area contributed by atoms with Crippen LogP contribution in [-0.2, 0) is 28.6 Å². The van der Waals surface area contributed by atoms with E-state index in [4.69, 9.17) is 14.2 Å². The molecule has 0 aromatic carbocycles. The van der Waals surface area contributed by atoms with Gasteiger partial charge in [0.2, 0.25) is 0 Å². The fourth-order valence-electron chi connectivity index (χ4n) is 5.69. The fraction of sp³-hybridized carbons (Fsp3) is 0.723. The smallest absolute Gasteiger partial charge is 0.306 e. The van der Waals surface area contributed by atoms with Gasteiger partial charge in [-0.1, -0.05) is 152 Å². The fourth-order valence-corrected chi connectivity index (χ4v) is 5.69. The number of unbranched alkanes of at least 4 members (excludes halogenated alkanes) is 17. The molecule has 1 atom stereocenters. The van der Waals surface area contributed by atoms with E-state index < -0.39 is 6.10 Å². The third-order valence-electron chi connectivity index (χ3n) is 8.94. The Kier molecular flexibility index (Phi) is 39.6. The Balaban J connectivity index is 4.40. The van der Waals surface area contributed by atoms with Crippen molar-refractivity contribution >= 4 is 17.9 Å². The number of hydrogen-bond acceptors (Lipinski definition) is 6. The lowest BCUT2D eigenvalue weighted by molar-refractivity contribution is -0.167. The molecule has 0 fully saturated rings. The molecule has 0 aliphatic heterocycles. The van der Waals surface area contributed by atoms with Crippen LogP contribution in [0.1, 0.15) is 201 Å². The maximum atomic E-state index is 12.7. The summed E-state index contributed by atoms with van der Waals surface area (Å²) in [6.45, 7) is 6.35. The minimum atomic E-state index is -0.785. The molecule has 6 nitrogen and oxygen atoms in total. The van der Waals surface area contributed by atoms with Crippen LogP contribution in [0, 0.1) is 0 Å². The van der Waals surface area contributed by atoms with Crippen molar-refractivity contribution in [1.29, 1.82) is 0 Å². The highest BCUT2D eigenvalue weighted by atomic mass is 16.6. The van der Waals surface area contributed by atoms with E-state index in [1.807, 2.05) is 0 Å². The van der Waals surface area contributed by atoms with Crippen molar-refractivity contribution in [2.24, 2.45) is 0 Å². The molecule has 0 aromatic rings. The van der Waals surface area contributed by atoms with Gasteiger partial charge < -0.3 is 14.2 Å². The quantitative estimate of drug-likeness (QED) is 0.0271. The second-order valence-electron chi connectivity index (χ2n) is 14.2. The first-order valence-corrected chi connectivity index (χ1v) is 21.8. The summed E-state index contributed by atoms with van der Waals surface area (Å²) in [6, 6.07) is 0. The van der Waals surface area contributed by atoms with Crippen molar-refractivity contribution in [1.82, 2.24) is 0 Å². The molecule has 1 unspecified atom stereocenters. The van der Waals surface area contributed by atoms with Crippen LogP contribution in [0.4, 0.5) is 0 Å². The molecule has 53 heavy (non-hydrogen) atoms. The predicted octanol–water partition coefficient (Wildman–Crippen LogP) is 13.7. The van der Waals surface area contributed by atoms with Gasteiger partial charge in [0.15, 0.2) is 6.10 Å². The van der Waals surface area contributed by atoms with Crippen LogP contribution in [0.15, 0.2) is 60.8 Å². The van der Waals surface area contributed by atoms with Crippen LogP contribution in [-0.4, -0.2) is 37.2 Å². The van der Waals surface area contributed by atoms with Gasteiger partial charge in [0, 0.05) is 19.3 Å². The summed E-state index contributed by atoms with van der Waals surface area (Å²) in [4.78, 5) is 37.6. The van der Waals surface area contributed by atoms with Crippen LogP contribution >= 0.6 is 0 Å². The third kappa shape index (κ3) is 40.1. The highest BCUT2D eigenvalue weighted by molar-refractivity contribution is 5.71. The number of rotatable bonds is 38. The topological polar surface area (TPSA) is 78.9 Å². The first-order valence-electron chi connectivity index (χ1n) is 21.8. The van der Waals surface area contributed by atoms with Crippen LogP contribution in [0.5, 0.6) is 0 Å². The molecule has 0 saturated carbocycles. The van der Waals surface area contributed by atoms with Crippen LogP contribution in [0.25, 0.3) is 0 Å². The van der Waals surface area contributed by atoms with E-state index in [1.54, 1.807) is 0 Å². The van der Waals surface area contributed by atoms with Crippen molar-refractivity contribution in [3.05, 3.63) is 60.8 Å². The molecule has 0 radical (unpaired) electrons.